The average Bonchev–Trinajstić information content (AvgIpc) is 3.44. The third-order valence-electron chi connectivity index (χ3n) is 6.69. The normalized spacial score (nSPS) is 17.1. The van der Waals surface area contributed by atoms with E-state index in [4.69, 9.17) is 4.42 Å². The van der Waals surface area contributed by atoms with E-state index < -0.39 is 0 Å². The van der Waals surface area contributed by atoms with Gasteiger partial charge in [0.25, 0.3) is 11.8 Å². The summed E-state index contributed by atoms with van der Waals surface area (Å²) in [5.41, 5.74) is 4.43. The molecule has 6 nitrogen and oxygen atoms in total. The highest BCUT2D eigenvalue weighted by molar-refractivity contribution is 6.36. The molecule has 3 aromatic rings. The summed E-state index contributed by atoms with van der Waals surface area (Å²) < 4.78 is 5.39. The second-order valence-electron chi connectivity index (χ2n) is 9.23. The number of anilines is 2. The molecule has 1 aromatic heterocycles. The number of rotatable bonds is 6. The van der Waals surface area contributed by atoms with E-state index in [1.54, 1.807) is 18.4 Å². The highest BCUT2D eigenvalue weighted by atomic mass is 16.3. The van der Waals surface area contributed by atoms with Gasteiger partial charge < -0.3 is 14.6 Å². The van der Waals surface area contributed by atoms with Gasteiger partial charge in [-0.3, -0.25) is 14.5 Å². The van der Waals surface area contributed by atoms with E-state index in [0.29, 0.717) is 22.6 Å². The van der Waals surface area contributed by atoms with Crippen LogP contribution in [-0.2, 0) is 16.1 Å². The lowest BCUT2D eigenvalue weighted by atomic mass is 9.99. The van der Waals surface area contributed by atoms with E-state index in [1.165, 1.54) is 23.4 Å². The van der Waals surface area contributed by atoms with Gasteiger partial charge in [-0.1, -0.05) is 36.8 Å². The molecule has 1 N–H and O–H groups in total. The maximum absolute atomic E-state index is 13.4. The number of hydrogen-bond acceptors (Lipinski definition) is 5. The Morgan fingerprint density at radius 3 is 2.29 bits per heavy atom. The molecule has 1 fully saturated rings. The summed E-state index contributed by atoms with van der Waals surface area (Å²) in [6, 6.07) is 19.3. The Morgan fingerprint density at radius 1 is 0.941 bits per heavy atom. The van der Waals surface area contributed by atoms with Crippen LogP contribution in [0.15, 0.2) is 77.0 Å². The Labute approximate surface area is 199 Å². The van der Waals surface area contributed by atoms with Gasteiger partial charge in [0, 0.05) is 24.5 Å². The van der Waals surface area contributed by atoms with Crippen molar-refractivity contribution >= 4 is 28.8 Å². The predicted octanol–water partition coefficient (Wildman–Crippen LogP) is 5.22. The third-order valence-corrected chi connectivity index (χ3v) is 6.69. The molecule has 2 aromatic carbocycles. The SMILES string of the molecule is Cc1ccc(C2=C(Nc3ccc(N4CCC(C)CC4)cc3)C(=O)N(Cc3ccco3)C2=O)cc1. The zero-order valence-corrected chi connectivity index (χ0v) is 19.6. The number of nitrogens with zero attached hydrogens (tertiary/aromatic N) is 2. The number of furan rings is 1. The predicted molar refractivity (Wildman–Crippen MR) is 133 cm³/mol. The first-order valence-corrected chi connectivity index (χ1v) is 11.8. The number of aryl methyl sites for hydroxylation is 1. The summed E-state index contributed by atoms with van der Waals surface area (Å²) in [5, 5.41) is 3.25. The van der Waals surface area contributed by atoms with Crippen molar-refractivity contribution in [2.24, 2.45) is 5.92 Å². The molecule has 34 heavy (non-hydrogen) atoms. The van der Waals surface area contributed by atoms with Crippen molar-refractivity contribution in [2.75, 3.05) is 23.3 Å². The number of imide groups is 1. The molecule has 0 bridgehead atoms. The molecule has 3 heterocycles. The molecule has 6 heteroatoms. The van der Waals surface area contributed by atoms with Crippen LogP contribution in [0.25, 0.3) is 5.57 Å². The number of carbonyl (C=O) groups excluding carboxylic acids is 2. The van der Waals surface area contributed by atoms with Crippen molar-refractivity contribution in [1.29, 1.82) is 0 Å². The minimum Gasteiger partial charge on any atom is -0.467 e. The lowest BCUT2D eigenvalue weighted by Gasteiger charge is -2.32. The van der Waals surface area contributed by atoms with Gasteiger partial charge in [0.15, 0.2) is 0 Å². The minimum absolute atomic E-state index is 0.0948. The fraction of sp³-hybridized carbons (Fsp3) is 0.286. The van der Waals surface area contributed by atoms with Crippen molar-refractivity contribution in [1.82, 2.24) is 4.90 Å². The van der Waals surface area contributed by atoms with Crippen molar-refractivity contribution in [2.45, 2.75) is 33.2 Å². The summed E-state index contributed by atoms with van der Waals surface area (Å²) in [6.07, 6.45) is 3.95. The van der Waals surface area contributed by atoms with Gasteiger partial charge in [-0.2, -0.15) is 0 Å². The molecular weight excluding hydrogens is 426 g/mol. The summed E-state index contributed by atoms with van der Waals surface area (Å²) in [5.74, 6) is 0.656. The van der Waals surface area contributed by atoms with Gasteiger partial charge in [0.05, 0.1) is 18.4 Å². The van der Waals surface area contributed by atoms with Crippen LogP contribution in [0.5, 0.6) is 0 Å². The number of nitrogens with one attached hydrogen (secondary N) is 1. The second kappa shape index (κ2) is 9.21. The fourth-order valence-electron chi connectivity index (χ4n) is 4.55. The molecule has 1 saturated heterocycles. The zero-order chi connectivity index (χ0) is 23.7. The van der Waals surface area contributed by atoms with Crippen LogP contribution in [0.1, 0.15) is 36.7 Å². The summed E-state index contributed by atoms with van der Waals surface area (Å²) >= 11 is 0. The average molecular weight is 456 g/mol. The standard InChI is InChI=1S/C28H29N3O3/c1-19-5-7-21(8-6-19)25-26(28(33)31(27(25)32)18-24-4-3-17-34-24)29-22-9-11-23(12-10-22)30-15-13-20(2)14-16-30/h3-12,17,20,29H,13-16,18H2,1-2H3. The first-order valence-electron chi connectivity index (χ1n) is 11.8. The molecule has 2 amide bonds. The highest BCUT2D eigenvalue weighted by Crippen LogP contribution is 2.32. The van der Waals surface area contributed by atoms with E-state index >= 15 is 0 Å². The van der Waals surface area contributed by atoms with E-state index in [2.05, 4.69) is 29.3 Å². The number of piperidine rings is 1. The quantitative estimate of drug-likeness (QED) is 0.517. The molecule has 0 aliphatic carbocycles. The zero-order valence-electron chi connectivity index (χ0n) is 19.6. The van der Waals surface area contributed by atoms with Crippen LogP contribution in [0.2, 0.25) is 0 Å². The molecule has 2 aliphatic rings. The summed E-state index contributed by atoms with van der Waals surface area (Å²) in [4.78, 5) is 30.4. The lowest BCUT2D eigenvalue weighted by Crippen LogP contribution is -2.32. The maximum atomic E-state index is 13.4. The largest absolute Gasteiger partial charge is 0.467 e. The minimum atomic E-state index is -0.355. The van der Waals surface area contributed by atoms with Gasteiger partial charge in [-0.25, -0.2) is 0 Å². The topological polar surface area (TPSA) is 65.8 Å². The van der Waals surface area contributed by atoms with Gasteiger partial charge in [0.1, 0.15) is 11.5 Å². The Kier molecular flexibility index (Phi) is 5.97. The number of hydrogen-bond donors (Lipinski definition) is 1. The number of benzene rings is 2. The Hall–Kier alpha value is -3.80. The smallest absolute Gasteiger partial charge is 0.278 e. The Balaban J connectivity index is 1.43. The van der Waals surface area contributed by atoms with E-state index in [0.717, 1.165) is 30.3 Å². The lowest BCUT2D eigenvalue weighted by molar-refractivity contribution is -0.137. The maximum Gasteiger partial charge on any atom is 0.278 e. The molecule has 0 atom stereocenters. The molecule has 0 spiro atoms. The molecule has 5 rings (SSSR count). The third kappa shape index (κ3) is 4.36. The molecular formula is C28H29N3O3. The number of amides is 2. The monoisotopic (exact) mass is 455 g/mol. The van der Waals surface area contributed by atoms with Crippen molar-refractivity contribution in [3.63, 3.8) is 0 Å². The van der Waals surface area contributed by atoms with E-state index in [-0.39, 0.29) is 18.4 Å². The van der Waals surface area contributed by atoms with Gasteiger partial charge in [-0.05, 0) is 67.6 Å². The van der Waals surface area contributed by atoms with Crippen LogP contribution < -0.4 is 10.2 Å². The first kappa shape index (κ1) is 22.0. The molecule has 2 aliphatic heterocycles. The first-order chi connectivity index (χ1) is 16.5. The van der Waals surface area contributed by atoms with Crippen LogP contribution in [0, 0.1) is 12.8 Å². The Morgan fingerprint density at radius 2 is 1.65 bits per heavy atom. The number of carbonyl (C=O) groups is 2. The van der Waals surface area contributed by atoms with Crippen LogP contribution in [0.4, 0.5) is 11.4 Å². The van der Waals surface area contributed by atoms with Crippen LogP contribution >= 0.6 is 0 Å². The van der Waals surface area contributed by atoms with Crippen LogP contribution in [0.3, 0.4) is 0 Å². The van der Waals surface area contributed by atoms with Gasteiger partial charge in [-0.15, -0.1) is 0 Å². The van der Waals surface area contributed by atoms with E-state index in [9.17, 15) is 9.59 Å². The van der Waals surface area contributed by atoms with Crippen molar-refractivity contribution < 1.29 is 14.0 Å². The molecule has 0 radical (unpaired) electrons. The van der Waals surface area contributed by atoms with Crippen molar-refractivity contribution in [3.8, 4) is 0 Å². The van der Waals surface area contributed by atoms with Crippen molar-refractivity contribution in [3.05, 3.63) is 89.5 Å². The molecule has 174 valence electrons. The Bertz CT molecular complexity index is 1200. The van der Waals surface area contributed by atoms with E-state index in [1.807, 2.05) is 43.3 Å². The summed E-state index contributed by atoms with van der Waals surface area (Å²) in [6.45, 7) is 6.51. The second-order valence-corrected chi connectivity index (χ2v) is 9.23. The van der Waals surface area contributed by atoms with Gasteiger partial charge in [0.2, 0.25) is 0 Å². The molecule has 0 saturated carbocycles. The fourth-order valence-corrected chi connectivity index (χ4v) is 4.55. The summed E-state index contributed by atoms with van der Waals surface area (Å²) in [7, 11) is 0. The molecule has 0 unspecified atom stereocenters. The van der Waals surface area contributed by atoms with Gasteiger partial charge >= 0.3 is 0 Å². The van der Waals surface area contributed by atoms with Crippen LogP contribution in [-0.4, -0.2) is 29.8 Å². The highest BCUT2D eigenvalue weighted by Gasteiger charge is 2.39.